The molecule has 0 amide bonds. The van der Waals surface area contributed by atoms with E-state index >= 15 is 0 Å². The van der Waals surface area contributed by atoms with Crippen LogP contribution in [0, 0.1) is 0 Å². The first-order chi connectivity index (χ1) is 10.3. The Hall–Kier alpha value is -2.55. The molecule has 0 fully saturated rings. The largest absolute Gasteiger partial charge is 0.466 e. The van der Waals surface area contributed by atoms with E-state index in [9.17, 15) is 4.79 Å². The lowest BCUT2D eigenvalue weighted by Gasteiger charge is -2.19. The number of methoxy groups -OCH3 is 1. The standard InChI is InChI=1S/C18H19NO2/c1-21-18(20)14-8-13-17(15-9-4-2-5-10-15)19-16-11-6-3-7-12-16/h2-12,14,17,19H,13H2,1H3/b14-8+. The Balaban J connectivity index is 2.11. The van der Waals surface area contributed by atoms with Gasteiger partial charge in [0.05, 0.1) is 13.2 Å². The molecule has 0 aliphatic heterocycles. The second kappa shape index (κ2) is 7.90. The fourth-order valence-corrected chi connectivity index (χ4v) is 2.07. The van der Waals surface area contributed by atoms with Gasteiger partial charge in [0, 0.05) is 11.8 Å². The molecule has 0 heterocycles. The van der Waals surface area contributed by atoms with Gasteiger partial charge in [-0.05, 0) is 24.1 Å². The van der Waals surface area contributed by atoms with Gasteiger partial charge in [0.15, 0.2) is 0 Å². The zero-order valence-corrected chi connectivity index (χ0v) is 12.0. The minimum Gasteiger partial charge on any atom is -0.466 e. The minimum absolute atomic E-state index is 0.106. The average Bonchev–Trinajstić information content (AvgIpc) is 2.55. The van der Waals surface area contributed by atoms with Crippen molar-refractivity contribution in [1.29, 1.82) is 0 Å². The third-order valence-corrected chi connectivity index (χ3v) is 3.14. The third kappa shape index (κ3) is 4.80. The maximum Gasteiger partial charge on any atom is 0.330 e. The third-order valence-electron chi connectivity index (χ3n) is 3.14. The highest BCUT2D eigenvalue weighted by Crippen LogP contribution is 2.22. The van der Waals surface area contributed by atoms with Crippen molar-refractivity contribution in [2.45, 2.75) is 12.5 Å². The van der Waals surface area contributed by atoms with Crippen LogP contribution in [0.1, 0.15) is 18.0 Å². The fourth-order valence-electron chi connectivity index (χ4n) is 2.07. The number of rotatable bonds is 6. The van der Waals surface area contributed by atoms with Crippen LogP contribution in [-0.2, 0) is 9.53 Å². The molecule has 0 aliphatic rings. The highest BCUT2D eigenvalue weighted by atomic mass is 16.5. The van der Waals surface area contributed by atoms with Crippen molar-refractivity contribution in [3.05, 3.63) is 78.4 Å². The summed E-state index contributed by atoms with van der Waals surface area (Å²) < 4.78 is 4.61. The van der Waals surface area contributed by atoms with Gasteiger partial charge in [-0.25, -0.2) is 4.79 Å². The van der Waals surface area contributed by atoms with Gasteiger partial charge in [0.1, 0.15) is 0 Å². The molecule has 0 spiro atoms. The molecule has 0 saturated heterocycles. The van der Waals surface area contributed by atoms with Crippen molar-refractivity contribution < 1.29 is 9.53 Å². The summed E-state index contributed by atoms with van der Waals surface area (Å²) in [5.74, 6) is -0.332. The summed E-state index contributed by atoms with van der Waals surface area (Å²) in [5, 5.41) is 3.48. The van der Waals surface area contributed by atoms with Crippen molar-refractivity contribution in [2.24, 2.45) is 0 Å². The first-order valence-corrected chi connectivity index (χ1v) is 6.90. The van der Waals surface area contributed by atoms with Gasteiger partial charge in [0.25, 0.3) is 0 Å². The Labute approximate surface area is 125 Å². The molecule has 0 saturated carbocycles. The molecule has 2 rings (SSSR count). The lowest BCUT2D eigenvalue weighted by atomic mass is 10.0. The van der Waals surface area contributed by atoms with Crippen LogP contribution in [-0.4, -0.2) is 13.1 Å². The average molecular weight is 281 g/mol. The summed E-state index contributed by atoms with van der Waals surface area (Å²) in [6, 6.07) is 20.3. The molecule has 21 heavy (non-hydrogen) atoms. The number of esters is 1. The Morgan fingerprint density at radius 1 is 1.10 bits per heavy atom. The van der Waals surface area contributed by atoms with Crippen molar-refractivity contribution in [3.8, 4) is 0 Å². The Kier molecular flexibility index (Phi) is 5.59. The van der Waals surface area contributed by atoms with Crippen LogP contribution in [0.25, 0.3) is 0 Å². The van der Waals surface area contributed by atoms with E-state index in [-0.39, 0.29) is 12.0 Å². The summed E-state index contributed by atoms with van der Waals surface area (Å²) in [7, 11) is 1.38. The summed E-state index contributed by atoms with van der Waals surface area (Å²) in [6.07, 6.45) is 4.00. The molecule has 1 atom stereocenters. The molecule has 0 aliphatic carbocycles. The molecule has 0 aromatic heterocycles. The molecule has 3 heteroatoms. The lowest BCUT2D eigenvalue weighted by Crippen LogP contribution is -2.10. The summed E-state index contributed by atoms with van der Waals surface area (Å²) in [5.41, 5.74) is 2.23. The second-order valence-electron chi connectivity index (χ2n) is 4.63. The number of carbonyl (C=O) groups is 1. The van der Waals surface area contributed by atoms with E-state index in [1.54, 1.807) is 0 Å². The summed E-state index contributed by atoms with van der Waals surface area (Å²) >= 11 is 0. The lowest BCUT2D eigenvalue weighted by molar-refractivity contribution is -0.134. The molecular formula is C18H19NO2. The van der Waals surface area contributed by atoms with Crippen molar-refractivity contribution in [1.82, 2.24) is 0 Å². The number of benzene rings is 2. The van der Waals surface area contributed by atoms with E-state index in [1.165, 1.54) is 18.7 Å². The predicted molar refractivity (Wildman–Crippen MR) is 85.0 cm³/mol. The molecule has 1 unspecified atom stereocenters. The van der Waals surface area contributed by atoms with Crippen molar-refractivity contribution in [2.75, 3.05) is 12.4 Å². The monoisotopic (exact) mass is 281 g/mol. The number of ether oxygens (including phenoxy) is 1. The van der Waals surface area contributed by atoms with Crippen molar-refractivity contribution >= 4 is 11.7 Å². The van der Waals surface area contributed by atoms with E-state index < -0.39 is 0 Å². The molecule has 2 aromatic rings. The van der Waals surface area contributed by atoms with E-state index in [4.69, 9.17) is 0 Å². The molecule has 1 N–H and O–H groups in total. The zero-order valence-electron chi connectivity index (χ0n) is 12.0. The highest BCUT2D eigenvalue weighted by molar-refractivity contribution is 5.81. The smallest absolute Gasteiger partial charge is 0.330 e. The molecule has 3 nitrogen and oxygen atoms in total. The topological polar surface area (TPSA) is 38.3 Å². The number of hydrogen-bond acceptors (Lipinski definition) is 3. The number of nitrogens with one attached hydrogen (secondary N) is 1. The number of hydrogen-bond donors (Lipinski definition) is 1. The fraction of sp³-hybridized carbons (Fsp3) is 0.167. The Bertz CT molecular complexity index is 579. The first kappa shape index (κ1) is 14.9. The number of carbonyl (C=O) groups excluding carboxylic acids is 1. The van der Waals surface area contributed by atoms with Crippen LogP contribution in [0.2, 0.25) is 0 Å². The summed E-state index contributed by atoms with van der Waals surface area (Å²) in [6.45, 7) is 0. The van der Waals surface area contributed by atoms with E-state index in [2.05, 4.69) is 22.2 Å². The van der Waals surface area contributed by atoms with Gasteiger partial charge in [0.2, 0.25) is 0 Å². The highest BCUT2D eigenvalue weighted by Gasteiger charge is 2.09. The maximum absolute atomic E-state index is 11.2. The van der Waals surface area contributed by atoms with Gasteiger partial charge < -0.3 is 10.1 Å². The van der Waals surface area contributed by atoms with E-state index in [1.807, 2.05) is 54.6 Å². The maximum atomic E-state index is 11.2. The predicted octanol–water partition coefficient (Wildman–Crippen LogP) is 3.96. The first-order valence-electron chi connectivity index (χ1n) is 6.90. The molecule has 0 radical (unpaired) electrons. The molecular weight excluding hydrogens is 262 g/mol. The van der Waals surface area contributed by atoms with Gasteiger partial charge >= 0.3 is 5.97 Å². The van der Waals surface area contributed by atoms with Gasteiger partial charge in [-0.1, -0.05) is 54.6 Å². The number of anilines is 1. The molecule has 108 valence electrons. The second-order valence-corrected chi connectivity index (χ2v) is 4.63. The van der Waals surface area contributed by atoms with Crippen LogP contribution in [0.3, 0.4) is 0 Å². The van der Waals surface area contributed by atoms with E-state index in [0.717, 1.165) is 5.69 Å². The quantitative estimate of drug-likeness (QED) is 0.643. The van der Waals surface area contributed by atoms with Gasteiger partial charge in [-0.3, -0.25) is 0 Å². The molecule has 0 bridgehead atoms. The van der Waals surface area contributed by atoms with Crippen LogP contribution >= 0.6 is 0 Å². The van der Waals surface area contributed by atoms with Crippen LogP contribution in [0.15, 0.2) is 72.8 Å². The van der Waals surface area contributed by atoms with Crippen LogP contribution in [0.4, 0.5) is 5.69 Å². The van der Waals surface area contributed by atoms with Crippen LogP contribution in [0.5, 0.6) is 0 Å². The minimum atomic E-state index is -0.332. The number of para-hydroxylation sites is 1. The zero-order chi connectivity index (χ0) is 14.9. The molecule has 2 aromatic carbocycles. The normalized spacial score (nSPS) is 12.0. The van der Waals surface area contributed by atoms with E-state index in [0.29, 0.717) is 6.42 Å². The van der Waals surface area contributed by atoms with Gasteiger partial charge in [-0.2, -0.15) is 0 Å². The Morgan fingerprint density at radius 2 is 1.71 bits per heavy atom. The Morgan fingerprint density at radius 3 is 2.33 bits per heavy atom. The van der Waals surface area contributed by atoms with Gasteiger partial charge in [-0.15, -0.1) is 0 Å². The SMILES string of the molecule is COC(=O)/C=C/CC(Nc1ccccc1)c1ccccc1. The van der Waals surface area contributed by atoms with Crippen molar-refractivity contribution in [3.63, 3.8) is 0 Å². The van der Waals surface area contributed by atoms with Crippen LogP contribution < -0.4 is 5.32 Å². The summed E-state index contributed by atoms with van der Waals surface area (Å²) in [4.78, 5) is 11.2.